The Morgan fingerprint density at radius 3 is 2.62 bits per heavy atom. The molecule has 0 aromatic heterocycles. The number of nitrogens with zero attached hydrogens (tertiary/aromatic N) is 2. The molecule has 2 rings (SSSR count). The molecule has 1 saturated carbocycles. The SMILES string of the molecule is CN1CC(=O)N(CCC2CCCC2O)C1=O. The number of carbonyl (C=O) groups excluding carboxylic acids is 2. The van der Waals surface area contributed by atoms with Crippen molar-refractivity contribution in [1.82, 2.24) is 9.80 Å². The van der Waals surface area contributed by atoms with E-state index in [-0.39, 0.29) is 30.5 Å². The van der Waals surface area contributed by atoms with Crippen LogP contribution >= 0.6 is 0 Å². The molecule has 5 heteroatoms. The van der Waals surface area contributed by atoms with Crippen molar-refractivity contribution in [3.05, 3.63) is 0 Å². The van der Waals surface area contributed by atoms with Gasteiger partial charge in [0.2, 0.25) is 5.91 Å². The van der Waals surface area contributed by atoms with Crippen molar-refractivity contribution >= 4 is 11.9 Å². The van der Waals surface area contributed by atoms with Gasteiger partial charge in [-0.2, -0.15) is 0 Å². The van der Waals surface area contributed by atoms with Crippen LogP contribution in [0.2, 0.25) is 0 Å². The second-order valence-electron chi connectivity index (χ2n) is 4.73. The Bertz CT molecular complexity index is 306. The van der Waals surface area contributed by atoms with Gasteiger partial charge in [0.25, 0.3) is 0 Å². The van der Waals surface area contributed by atoms with Crippen molar-refractivity contribution in [2.24, 2.45) is 5.92 Å². The van der Waals surface area contributed by atoms with Gasteiger partial charge in [-0.05, 0) is 25.2 Å². The average Bonchev–Trinajstić information content (AvgIpc) is 2.72. The number of likely N-dealkylation sites (N-methyl/N-ethyl adjacent to an activating group) is 1. The molecular formula is C11H18N2O3. The lowest BCUT2D eigenvalue weighted by Gasteiger charge is -2.18. The third-order valence-electron chi connectivity index (χ3n) is 3.57. The zero-order valence-electron chi connectivity index (χ0n) is 9.56. The van der Waals surface area contributed by atoms with Gasteiger partial charge in [-0.25, -0.2) is 4.79 Å². The quantitative estimate of drug-likeness (QED) is 0.710. The Morgan fingerprint density at radius 1 is 1.38 bits per heavy atom. The van der Waals surface area contributed by atoms with E-state index in [1.165, 1.54) is 9.80 Å². The van der Waals surface area contributed by atoms with Gasteiger partial charge in [-0.3, -0.25) is 9.69 Å². The Hall–Kier alpha value is -1.10. The van der Waals surface area contributed by atoms with Gasteiger partial charge in [-0.15, -0.1) is 0 Å². The summed E-state index contributed by atoms with van der Waals surface area (Å²) in [5.41, 5.74) is 0. The lowest BCUT2D eigenvalue weighted by Crippen LogP contribution is -2.34. The fourth-order valence-electron chi connectivity index (χ4n) is 2.54. The first-order valence-electron chi connectivity index (χ1n) is 5.83. The topological polar surface area (TPSA) is 60.9 Å². The molecule has 2 atom stereocenters. The number of aliphatic hydroxyl groups is 1. The van der Waals surface area contributed by atoms with E-state index in [4.69, 9.17) is 0 Å². The summed E-state index contributed by atoms with van der Waals surface area (Å²) in [4.78, 5) is 25.8. The Kier molecular flexibility index (Phi) is 3.14. The molecule has 0 aromatic carbocycles. The summed E-state index contributed by atoms with van der Waals surface area (Å²) < 4.78 is 0. The van der Waals surface area contributed by atoms with Crippen LogP contribution in [0.3, 0.4) is 0 Å². The third-order valence-corrected chi connectivity index (χ3v) is 3.57. The van der Waals surface area contributed by atoms with Crippen LogP contribution < -0.4 is 0 Å². The highest BCUT2D eigenvalue weighted by Gasteiger charge is 2.34. The summed E-state index contributed by atoms with van der Waals surface area (Å²) in [5, 5.41) is 9.65. The van der Waals surface area contributed by atoms with Crippen LogP contribution in [0.15, 0.2) is 0 Å². The number of amides is 3. The summed E-state index contributed by atoms with van der Waals surface area (Å²) in [5.74, 6) is 0.131. The molecule has 0 radical (unpaired) electrons. The maximum atomic E-state index is 11.6. The molecule has 5 nitrogen and oxygen atoms in total. The Balaban J connectivity index is 1.86. The van der Waals surface area contributed by atoms with E-state index >= 15 is 0 Å². The Morgan fingerprint density at radius 2 is 2.12 bits per heavy atom. The van der Waals surface area contributed by atoms with Gasteiger partial charge in [0.1, 0.15) is 6.54 Å². The van der Waals surface area contributed by atoms with Crippen LogP contribution in [0.5, 0.6) is 0 Å². The molecule has 1 N–H and O–H groups in total. The monoisotopic (exact) mass is 226 g/mol. The molecule has 16 heavy (non-hydrogen) atoms. The van der Waals surface area contributed by atoms with Crippen molar-refractivity contribution in [3.63, 3.8) is 0 Å². The maximum Gasteiger partial charge on any atom is 0.326 e. The minimum absolute atomic E-state index is 0.125. The molecule has 1 saturated heterocycles. The van der Waals surface area contributed by atoms with Crippen molar-refractivity contribution < 1.29 is 14.7 Å². The molecule has 2 fully saturated rings. The molecule has 0 aromatic rings. The van der Waals surface area contributed by atoms with Gasteiger partial charge >= 0.3 is 6.03 Å². The lowest BCUT2D eigenvalue weighted by molar-refractivity contribution is -0.125. The third kappa shape index (κ3) is 2.04. The molecule has 2 unspecified atom stereocenters. The van der Waals surface area contributed by atoms with Gasteiger partial charge in [-0.1, -0.05) is 6.42 Å². The van der Waals surface area contributed by atoms with Crippen molar-refractivity contribution in [3.8, 4) is 0 Å². The highest BCUT2D eigenvalue weighted by atomic mass is 16.3. The van der Waals surface area contributed by atoms with E-state index < -0.39 is 0 Å². The molecule has 1 aliphatic carbocycles. The fourth-order valence-corrected chi connectivity index (χ4v) is 2.54. The first-order chi connectivity index (χ1) is 7.59. The van der Waals surface area contributed by atoms with E-state index in [1.807, 2.05) is 0 Å². The lowest BCUT2D eigenvalue weighted by atomic mass is 10.0. The summed E-state index contributed by atoms with van der Waals surface area (Å²) in [6.45, 7) is 0.635. The largest absolute Gasteiger partial charge is 0.393 e. The molecule has 3 amide bonds. The van der Waals surface area contributed by atoms with Crippen LogP contribution in [0.25, 0.3) is 0 Å². The summed E-state index contributed by atoms with van der Waals surface area (Å²) in [6, 6.07) is -0.211. The van der Waals surface area contributed by atoms with E-state index in [0.29, 0.717) is 6.54 Å². The molecule has 1 heterocycles. The van der Waals surface area contributed by atoms with Crippen LogP contribution in [0, 0.1) is 5.92 Å². The first-order valence-corrected chi connectivity index (χ1v) is 5.83. The summed E-state index contributed by atoms with van der Waals surface area (Å²) in [6.07, 6.45) is 3.39. The van der Waals surface area contributed by atoms with Crippen LogP contribution in [-0.4, -0.2) is 53.1 Å². The van der Waals surface area contributed by atoms with Crippen molar-refractivity contribution in [2.75, 3.05) is 20.1 Å². The first kappa shape index (κ1) is 11.4. The smallest absolute Gasteiger partial charge is 0.326 e. The zero-order chi connectivity index (χ0) is 11.7. The maximum absolute atomic E-state index is 11.6. The molecule has 0 spiro atoms. The standard InChI is InChI=1S/C11H18N2O3/c1-12-7-10(15)13(11(12)16)6-5-8-3-2-4-9(8)14/h8-9,14H,2-7H2,1H3. The second-order valence-corrected chi connectivity index (χ2v) is 4.73. The van der Waals surface area contributed by atoms with Crippen molar-refractivity contribution in [2.45, 2.75) is 31.8 Å². The van der Waals surface area contributed by atoms with E-state index in [2.05, 4.69) is 0 Å². The number of urea groups is 1. The summed E-state index contributed by atoms with van der Waals surface area (Å²) >= 11 is 0. The number of aliphatic hydroxyl groups excluding tert-OH is 1. The molecular weight excluding hydrogens is 208 g/mol. The average molecular weight is 226 g/mol. The fraction of sp³-hybridized carbons (Fsp3) is 0.818. The van der Waals surface area contributed by atoms with E-state index in [0.717, 1.165) is 25.7 Å². The predicted molar refractivity (Wildman–Crippen MR) is 57.7 cm³/mol. The number of imide groups is 1. The normalized spacial score (nSPS) is 30.6. The molecule has 1 aliphatic heterocycles. The molecule has 2 aliphatic rings. The number of carbonyl (C=O) groups is 2. The van der Waals surface area contributed by atoms with Gasteiger partial charge in [0.05, 0.1) is 6.10 Å². The second kappa shape index (κ2) is 4.41. The predicted octanol–water partition coefficient (Wildman–Crippen LogP) is 0.431. The van der Waals surface area contributed by atoms with Gasteiger partial charge in [0, 0.05) is 13.6 Å². The van der Waals surface area contributed by atoms with Crippen molar-refractivity contribution in [1.29, 1.82) is 0 Å². The number of hydrogen-bond acceptors (Lipinski definition) is 3. The zero-order valence-corrected chi connectivity index (χ0v) is 9.56. The molecule has 0 bridgehead atoms. The minimum atomic E-state index is -0.245. The van der Waals surface area contributed by atoms with Crippen LogP contribution in [-0.2, 0) is 4.79 Å². The van der Waals surface area contributed by atoms with Crippen LogP contribution in [0.4, 0.5) is 4.79 Å². The van der Waals surface area contributed by atoms with Gasteiger partial charge in [0.15, 0.2) is 0 Å². The molecule has 90 valence electrons. The number of hydrogen-bond donors (Lipinski definition) is 1. The minimum Gasteiger partial charge on any atom is -0.393 e. The summed E-state index contributed by atoms with van der Waals surface area (Å²) in [7, 11) is 1.63. The number of rotatable bonds is 3. The van der Waals surface area contributed by atoms with Crippen LogP contribution in [0.1, 0.15) is 25.7 Å². The van der Waals surface area contributed by atoms with E-state index in [9.17, 15) is 14.7 Å². The van der Waals surface area contributed by atoms with E-state index in [1.54, 1.807) is 7.05 Å². The highest BCUT2D eigenvalue weighted by molar-refractivity contribution is 6.01. The Labute approximate surface area is 95.0 Å². The highest BCUT2D eigenvalue weighted by Crippen LogP contribution is 2.28. The van der Waals surface area contributed by atoms with Gasteiger partial charge < -0.3 is 10.0 Å².